The molecular formula is C11H20N2O3. The van der Waals surface area contributed by atoms with Gasteiger partial charge < -0.3 is 20.5 Å². The maximum absolute atomic E-state index is 12.1. The van der Waals surface area contributed by atoms with E-state index in [0.717, 1.165) is 6.42 Å². The first-order valence-corrected chi connectivity index (χ1v) is 5.91. The summed E-state index contributed by atoms with van der Waals surface area (Å²) in [5.41, 5.74) is 5.34. The highest BCUT2D eigenvalue weighted by Gasteiger charge is 2.38. The molecule has 0 aromatic heterocycles. The lowest BCUT2D eigenvalue weighted by atomic mass is 9.90. The number of carbonyl (C=O) groups is 1. The normalized spacial score (nSPS) is 33.6. The highest BCUT2D eigenvalue weighted by Crippen LogP contribution is 2.20. The van der Waals surface area contributed by atoms with E-state index in [-0.39, 0.29) is 18.1 Å². The van der Waals surface area contributed by atoms with Crippen molar-refractivity contribution in [3.63, 3.8) is 0 Å². The molecule has 5 nitrogen and oxygen atoms in total. The lowest BCUT2D eigenvalue weighted by Crippen LogP contribution is -2.59. The van der Waals surface area contributed by atoms with E-state index in [2.05, 4.69) is 5.32 Å². The van der Waals surface area contributed by atoms with Gasteiger partial charge in [0.05, 0.1) is 17.7 Å². The molecule has 2 rings (SSSR count). The van der Waals surface area contributed by atoms with Gasteiger partial charge in [-0.05, 0) is 26.2 Å². The standard InChI is InChI=1S/C11H20N2O3/c1-8-9(2-5-16-8)13-10(14)11(12)3-6-15-7-4-11/h8-9H,2-7,12H2,1H3,(H,13,14). The van der Waals surface area contributed by atoms with Gasteiger partial charge in [0.15, 0.2) is 0 Å². The van der Waals surface area contributed by atoms with Crippen LogP contribution in [0.25, 0.3) is 0 Å². The fourth-order valence-corrected chi connectivity index (χ4v) is 2.20. The third-order valence-corrected chi connectivity index (χ3v) is 3.53. The number of ether oxygens (including phenoxy) is 2. The Morgan fingerprint density at radius 2 is 2.06 bits per heavy atom. The van der Waals surface area contributed by atoms with E-state index < -0.39 is 5.54 Å². The molecule has 16 heavy (non-hydrogen) atoms. The van der Waals surface area contributed by atoms with E-state index in [0.29, 0.717) is 32.7 Å². The van der Waals surface area contributed by atoms with E-state index >= 15 is 0 Å². The van der Waals surface area contributed by atoms with Crippen LogP contribution in [0.5, 0.6) is 0 Å². The Morgan fingerprint density at radius 1 is 1.38 bits per heavy atom. The SMILES string of the molecule is CC1OCCC1NC(=O)C1(N)CCOCC1. The Hall–Kier alpha value is -0.650. The molecule has 2 aliphatic heterocycles. The largest absolute Gasteiger partial charge is 0.381 e. The third kappa shape index (κ3) is 2.36. The number of carbonyl (C=O) groups excluding carboxylic acids is 1. The average molecular weight is 228 g/mol. The van der Waals surface area contributed by atoms with Crippen molar-refractivity contribution < 1.29 is 14.3 Å². The fourth-order valence-electron chi connectivity index (χ4n) is 2.20. The van der Waals surface area contributed by atoms with Crippen LogP contribution in [-0.4, -0.2) is 43.4 Å². The Balaban J connectivity index is 1.91. The van der Waals surface area contributed by atoms with Crippen molar-refractivity contribution in [2.45, 2.75) is 43.9 Å². The third-order valence-electron chi connectivity index (χ3n) is 3.53. The summed E-state index contributed by atoms with van der Waals surface area (Å²) < 4.78 is 10.6. The van der Waals surface area contributed by atoms with Crippen molar-refractivity contribution in [1.82, 2.24) is 5.32 Å². The number of rotatable bonds is 2. The van der Waals surface area contributed by atoms with E-state index in [9.17, 15) is 4.79 Å². The molecule has 0 aromatic rings. The van der Waals surface area contributed by atoms with Crippen molar-refractivity contribution in [3.8, 4) is 0 Å². The zero-order valence-corrected chi connectivity index (χ0v) is 9.70. The molecule has 0 radical (unpaired) electrons. The minimum atomic E-state index is -0.749. The van der Waals surface area contributed by atoms with Gasteiger partial charge in [0.1, 0.15) is 0 Å². The van der Waals surface area contributed by atoms with Crippen molar-refractivity contribution in [3.05, 3.63) is 0 Å². The molecule has 2 unspecified atom stereocenters. The summed E-state index contributed by atoms with van der Waals surface area (Å²) in [6, 6.07) is 0.107. The maximum atomic E-state index is 12.1. The van der Waals surface area contributed by atoms with Gasteiger partial charge in [0.25, 0.3) is 0 Å². The number of hydrogen-bond acceptors (Lipinski definition) is 4. The summed E-state index contributed by atoms with van der Waals surface area (Å²) in [5.74, 6) is -0.0573. The highest BCUT2D eigenvalue weighted by molar-refractivity contribution is 5.86. The quantitative estimate of drug-likeness (QED) is 0.686. The lowest BCUT2D eigenvalue weighted by Gasteiger charge is -2.33. The van der Waals surface area contributed by atoms with Crippen LogP contribution in [0.2, 0.25) is 0 Å². The molecule has 0 bridgehead atoms. The van der Waals surface area contributed by atoms with E-state index in [4.69, 9.17) is 15.2 Å². The van der Waals surface area contributed by atoms with Gasteiger partial charge in [0, 0.05) is 19.8 Å². The van der Waals surface area contributed by atoms with Gasteiger partial charge >= 0.3 is 0 Å². The molecule has 1 amide bonds. The molecule has 5 heteroatoms. The number of nitrogens with two attached hydrogens (primary N) is 1. The smallest absolute Gasteiger partial charge is 0.240 e. The monoisotopic (exact) mass is 228 g/mol. The Bertz CT molecular complexity index is 264. The zero-order chi connectivity index (χ0) is 11.6. The predicted octanol–water partition coefficient (Wildman–Crippen LogP) is -0.212. The molecule has 2 saturated heterocycles. The van der Waals surface area contributed by atoms with Crippen molar-refractivity contribution in [2.24, 2.45) is 5.73 Å². The molecule has 2 heterocycles. The summed E-state index contributed by atoms with van der Waals surface area (Å²) in [4.78, 5) is 12.1. The van der Waals surface area contributed by atoms with Gasteiger partial charge in [-0.2, -0.15) is 0 Å². The first-order chi connectivity index (χ1) is 7.62. The van der Waals surface area contributed by atoms with Crippen LogP contribution in [0.4, 0.5) is 0 Å². The number of hydrogen-bond donors (Lipinski definition) is 2. The first kappa shape index (κ1) is 11.8. The van der Waals surface area contributed by atoms with Gasteiger partial charge in [-0.25, -0.2) is 0 Å². The second-order valence-electron chi connectivity index (χ2n) is 4.71. The van der Waals surface area contributed by atoms with Gasteiger partial charge in [-0.3, -0.25) is 4.79 Å². The molecule has 2 fully saturated rings. The number of amides is 1. The summed E-state index contributed by atoms with van der Waals surface area (Å²) in [6.07, 6.45) is 2.16. The second kappa shape index (κ2) is 4.69. The Morgan fingerprint density at radius 3 is 2.62 bits per heavy atom. The van der Waals surface area contributed by atoms with Crippen molar-refractivity contribution in [1.29, 1.82) is 0 Å². The van der Waals surface area contributed by atoms with Crippen LogP contribution >= 0.6 is 0 Å². The van der Waals surface area contributed by atoms with E-state index in [1.165, 1.54) is 0 Å². The van der Waals surface area contributed by atoms with Crippen LogP contribution in [0.3, 0.4) is 0 Å². The summed E-state index contributed by atoms with van der Waals surface area (Å²) in [5, 5.41) is 2.99. The predicted molar refractivity (Wildman–Crippen MR) is 58.9 cm³/mol. The van der Waals surface area contributed by atoms with E-state index in [1.54, 1.807) is 0 Å². The average Bonchev–Trinajstić information content (AvgIpc) is 2.65. The van der Waals surface area contributed by atoms with Crippen LogP contribution in [0.15, 0.2) is 0 Å². The number of nitrogens with one attached hydrogen (secondary N) is 1. The van der Waals surface area contributed by atoms with Crippen LogP contribution in [0.1, 0.15) is 26.2 Å². The highest BCUT2D eigenvalue weighted by atomic mass is 16.5. The first-order valence-electron chi connectivity index (χ1n) is 5.91. The van der Waals surface area contributed by atoms with Crippen LogP contribution in [-0.2, 0) is 14.3 Å². The molecular weight excluding hydrogens is 208 g/mol. The molecule has 92 valence electrons. The Labute approximate surface area is 95.7 Å². The molecule has 0 aliphatic carbocycles. The fraction of sp³-hybridized carbons (Fsp3) is 0.909. The molecule has 3 N–H and O–H groups in total. The lowest BCUT2D eigenvalue weighted by molar-refractivity contribution is -0.130. The summed E-state index contributed by atoms with van der Waals surface area (Å²) >= 11 is 0. The van der Waals surface area contributed by atoms with Crippen molar-refractivity contribution in [2.75, 3.05) is 19.8 Å². The Kier molecular flexibility index (Phi) is 3.47. The minimum Gasteiger partial charge on any atom is -0.381 e. The zero-order valence-electron chi connectivity index (χ0n) is 9.70. The van der Waals surface area contributed by atoms with Crippen molar-refractivity contribution >= 4 is 5.91 Å². The van der Waals surface area contributed by atoms with Gasteiger partial charge in [-0.15, -0.1) is 0 Å². The molecule has 0 aromatic carbocycles. The second-order valence-corrected chi connectivity index (χ2v) is 4.71. The van der Waals surface area contributed by atoms with E-state index in [1.807, 2.05) is 6.92 Å². The van der Waals surface area contributed by atoms with Gasteiger partial charge in [-0.1, -0.05) is 0 Å². The minimum absolute atomic E-state index is 0.0573. The van der Waals surface area contributed by atoms with Gasteiger partial charge in [0.2, 0.25) is 5.91 Å². The van der Waals surface area contributed by atoms with Crippen LogP contribution in [0, 0.1) is 0 Å². The molecule has 2 aliphatic rings. The summed E-state index contributed by atoms with van der Waals surface area (Å²) in [7, 11) is 0. The maximum Gasteiger partial charge on any atom is 0.240 e. The molecule has 0 saturated carbocycles. The topological polar surface area (TPSA) is 73.6 Å². The van der Waals surface area contributed by atoms with Crippen LogP contribution < -0.4 is 11.1 Å². The molecule has 0 spiro atoms. The summed E-state index contributed by atoms with van der Waals surface area (Å²) in [6.45, 7) is 3.83. The molecule has 2 atom stereocenters.